The maximum absolute atomic E-state index is 12.8. The second-order valence-electron chi connectivity index (χ2n) is 7.66. The first-order valence-corrected chi connectivity index (χ1v) is 12.1. The van der Waals surface area contributed by atoms with Crippen molar-refractivity contribution in [3.8, 4) is 0 Å². The van der Waals surface area contributed by atoms with Gasteiger partial charge in [0, 0.05) is 23.4 Å². The van der Waals surface area contributed by atoms with E-state index in [-0.39, 0.29) is 5.91 Å². The van der Waals surface area contributed by atoms with Crippen LogP contribution in [0.25, 0.3) is 10.2 Å². The number of carbonyl (C=O) groups is 1. The number of aryl methyl sites for hydroxylation is 2. The molecule has 1 aliphatic rings. The summed E-state index contributed by atoms with van der Waals surface area (Å²) >= 11 is 3.29. The molecule has 2 aromatic heterocycles. The molecule has 6 heteroatoms. The van der Waals surface area contributed by atoms with Gasteiger partial charge in [-0.1, -0.05) is 49.0 Å². The number of thioether (sulfide) groups is 1. The lowest BCUT2D eigenvalue weighted by molar-refractivity contribution is -0.129. The fourth-order valence-corrected chi connectivity index (χ4v) is 5.91. The van der Waals surface area contributed by atoms with E-state index in [4.69, 9.17) is 0 Å². The summed E-state index contributed by atoms with van der Waals surface area (Å²) in [7, 11) is 0. The number of carbonyl (C=O) groups excluding carboxylic acids is 1. The highest BCUT2D eigenvalue weighted by atomic mass is 32.2. The van der Waals surface area contributed by atoms with Crippen LogP contribution in [-0.2, 0) is 17.6 Å². The summed E-state index contributed by atoms with van der Waals surface area (Å²) in [6.07, 6.45) is 4.30. The second-order valence-corrected chi connectivity index (χ2v) is 9.74. The molecule has 1 amide bonds. The molecule has 0 radical (unpaired) electrons. The number of likely N-dealkylation sites (tertiary alicyclic amines) is 1. The Morgan fingerprint density at radius 3 is 2.69 bits per heavy atom. The SMILES string of the molecule is CCc1cc2c(SCC(=O)N3CCC(Cc4ccccc4)CC3)nc(C)nc2s1. The molecule has 4 nitrogen and oxygen atoms in total. The molecule has 0 bridgehead atoms. The van der Waals surface area contributed by atoms with Gasteiger partial charge in [-0.15, -0.1) is 11.3 Å². The van der Waals surface area contributed by atoms with Crippen LogP contribution in [0.1, 0.15) is 36.0 Å². The monoisotopic (exact) mass is 425 g/mol. The molecule has 1 saturated heterocycles. The van der Waals surface area contributed by atoms with Crippen LogP contribution in [0, 0.1) is 12.8 Å². The smallest absolute Gasteiger partial charge is 0.232 e. The van der Waals surface area contributed by atoms with Crippen molar-refractivity contribution in [1.82, 2.24) is 14.9 Å². The van der Waals surface area contributed by atoms with Crippen molar-refractivity contribution in [2.24, 2.45) is 5.92 Å². The topological polar surface area (TPSA) is 46.1 Å². The highest BCUT2D eigenvalue weighted by Gasteiger charge is 2.23. The van der Waals surface area contributed by atoms with E-state index in [0.717, 1.165) is 59.8 Å². The van der Waals surface area contributed by atoms with Gasteiger partial charge in [0.1, 0.15) is 15.7 Å². The summed E-state index contributed by atoms with van der Waals surface area (Å²) < 4.78 is 0. The first kappa shape index (κ1) is 20.4. The van der Waals surface area contributed by atoms with E-state index in [0.29, 0.717) is 11.7 Å². The van der Waals surface area contributed by atoms with Crippen molar-refractivity contribution in [1.29, 1.82) is 0 Å². The number of thiophene rings is 1. The van der Waals surface area contributed by atoms with E-state index in [9.17, 15) is 4.79 Å². The van der Waals surface area contributed by atoms with Crippen LogP contribution < -0.4 is 0 Å². The summed E-state index contributed by atoms with van der Waals surface area (Å²) in [5, 5.41) is 2.03. The molecular formula is C23H27N3OS2. The van der Waals surface area contributed by atoms with Crippen molar-refractivity contribution in [3.05, 3.63) is 52.7 Å². The van der Waals surface area contributed by atoms with Crippen LogP contribution in [0.3, 0.4) is 0 Å². The highest BCUT2D eigenvalue weighted by molar-refractivity contribution is 8.00. The molecule has 1 aliphatic heterocycles. The van der Waals surface area contributed by atoms with Crippen LogP contribution in [0.4, 0.5) is 0 Å². The zero-order valence-corrected chi connectivity index (χ0v) is 18.7. The maximum atomic E-state index is 12.8. The first-order valence-electron chi connectivity index (χ1n) is 10.3. The lowest BCUT2D eigenvalue weighted by Crippen LogP contribution is -2.39. The predicted octanol–water partition coefficient (Wildman–Crippen LogP) is 5.14. The molecule has 0 spiro atoms. The van der Waals surface area contributed by atoms with Gasteiger partial charge in [-0.05, 0) is 50.2 Å². The standard InChI is InChI=1S/C23H27N3OS2/c1-3-19-14-20-22(24-16(2)25-23(20)29-19)28-15-21(27)26-11-9-18(10-12-26)13-17-7-5-4-6-8-17/h4-8,14,18H,3,9-13,15H2,1-2H3. The number of rotatable bonds is 6. The highest BCUT2D eigenvalue weighted by Crippen LogP contribution is 2.32. The Bertz CT molecular complexity index is 978. The van der Waals surface area contributed by atoms with E-state index in [1.165, 1.54) is 10.4 Å². The Labute approximate surface area is 180 Å². The zero-order valence-electron chi connectivity index (χ0n) is 17.1. The van der Waals surface area contributed by atoms with E-state index in [2.05, 4.69) is 53.3 Å². The fraction of sp³-hybridized carbons (Fsp3) is 0.435. The molecular weight excluding hydrogens is 398 g/mol. The van der Waals surface area contributed by atoms with Gasteiger partial charge in [0.25, 0.3) is 0 Å². The van der Waals surface area contributed by atoms with Crippen molar-refractivity contribution in [2.75, 3.05) is 18.8 Å². The molecule has 0 N–H and O–H groups in total. The molecule has 1 fully saturated rings. The molecule has 3 heterocycles. The lowest BCUT2D eigenvalue weighted by atomic mass is 9.90. The average molecular weight is 426 g/mol. The fourth-order valence-electron chi connectivity index (χ4n) is 3.89. The molecule has 29 heavy (non-hydrogen) atoms. The lowest BCUT2D eigenvalue weighted by Gasteiger charge is -2.32. The van der Waals surface area contributed by atoms with Crippen LogP contribution in [0.15, 0.2) is 41.4 Å². The molecule has 3 aromatic rings. The van der Waals surface area contributed by atoms with Crippen LogP contribution in [0.2, 0.25) is 0 Å². The minimum atomic E-state index is 0.225. The third-order valence-corrected chi connectivity index (χ3v) is 7.69. The van der Waals surface area contributed by atoms with Crippen molar-refractivity contribution >= 4 is 39.2 Å². The summed E-state index contributed by atoms with van der Waals surface area (Å²) in [4.78, 5) is 26.3. The minimum Gasteiger partial charge on any atom is -0.342 e. The van der Waals surface area contributed by atoms with Gasteiger partial charge in [0.2, 0.25) is 5.91 Å². The van der Waals surface area contributed by atoms with Crippen molar-refractivity contribution < 1.29 is 4.79 Å². The summed E-state index contributed by atoms with van der Waals surface area (Å²) in [5.74, 6) is 2.13. The maximum Gasteiger partial charge on any atom is 0.232 e. The number of hydrogen-bond acceptors (Lipinski definition) is 5. The quantitative estimate of drug-likeness (QED) is 0.405. The van der Waals surface area contributed by atoms with Gasteiger partial charge < -0.3 is 4.90 Å². The Morgan fingerprint density at radius 1 is 1.21 bits per heavy atom. The Kier molecular flexibility index (Phi) is 6.50. The summed E-state index contributed by atoms with van der Waals surface area (Å²) in [6, 6.07) is 12.9. The molecule has 1 aromatic carbocycles. The van der Waals surface area contributed by atoms with Crippen LogP contribution in [-0.4, -0.2) is 39.6 Å². The van der Waals surface area contributed by atoms with Gasteiger partial charge in [0.05, 0.1) is 5.75 Å². The molecule has 0 aliphatic carbocycles. The van der Waals surface area contributed by atoms with E-state index >= 15 is 0 Å². The average Bonchev–Trinajstić information content (AvgIpc) is 3.16. The Hall–Kier alpha value is -1.92. The Balaban J connectivity index is 1.33. The normalized spacial score (nSPS) is 15.2. The zero-order chi connectivity index (χ0) is 20.2. The molecule has 0 unspecified atom stereocenters. The first-order chi connectivity index (χ1) is 14.1. The third-order valence-electron chi connectivity index (χ3n) is 5.54. The third kappa shape index (κ3) is 4.98. The number of fused-ring (bicyclic) bond motifs is 1. The number of nitrogens with zero attached hydrogens (tertiary/aromatic N) is 3. The molecule has 4 rings (SSSR count). The second kappa shape index (κ2) is 9.26. The van der Waals surface area contributed by atoms with E-state index in [1.54, 1.807) is 23.1 Å². The van der Waals surface area contributed by atoms with E-state index in [1.807, 2.05) is 11.8 Å². The van der Waals surface area contributed by atoms with Gasteiger partial charge in [-0.2, -0.15) is 0 Å². The number of benzene rings is 1. The largest absolute Gasteiger partial charge is 0.342 e. The Morgan fingerprint density at radius 2 is 1.97 bits per heavy atom. The van der Waals surface area contributed by atoms with Gasteiger partial charge >= 0.3 is 0 Å². The van der Waals surface area contributed by atoms with Crippen LogP contribution in [0.5, 0.6) is 0 Å². The number of amides is 1. The summed E-state index contributed by atoms with van der Waals surface area (Å²) in [6.45, 7) is 5.82. The molecule has 152 valence electrons. The van der Waals surface area contributed by atoms with Gasteiger partial charge in [-0.25, -0.2) is 9.97 Å². The summed E-state index contributed by atoms with van der Waals surface area (Å²) in [5.41, 5.74) is 1.40. The number of piperidine rings is 1. The molecule has 0 atom stereocenters. The predicted molar refractivity (Wildman–Crippen MR) is 122 cm³/mol. The molecule has 0 saturated carbocycles. The van der Waals surface area contributed by atoms with Crippen molar-refractivity contribution in [2.45, 2.75) is 44.6 Å². The van der Waals surface area contributed by atoms with Gasteiger partial charge in [-0.3, -0.25) is 4.79 Å². The van der Waals surface area contributed by atoms with Crippen molar-refractivity contribution in [3.63, 3.8) is 0 Å². The number of hydrogen-bond donors (Lipinski definition) is 0. The van der Waals surface area contributed by atoms with E-state index < -0.39 is 0 Å². The number of aromatic nitrogens is 2. The van der Waals surface area contributed by atoms with Gasteiger partial charge in [0.15, 0.2) is 0 Å². The minimum absolute atomic E-state index is 0.225. The van der Waals surface area contributed by atoms with Crippen LogP contribution >= 0.6 is 23.1 Å².